The molecule has 1 aliphatic heterocycles. The van der Waals surface area contributed by atoms with Gasteiger partial charge in [-0.2, -0.15) is 0 Å². The van der Waals surface area contributed by atoms with E-state index in [-0.39, 0.29) is 11.9 Å². The van der Waals surface area contributed by atoms with Gasteiger partial charge in [-0.1, -0.05) is 30.3 Å². The number of rotatable bonds is 5. The minimum Gasteiger partial charge on any atom is -0.497 e. The molecule has 1 fully saturated rings. The molecule has 9 heteroatoms. The maximum absolute atomic E-state index is 13.2. The molecule has 0 aliphatic carbocycles. The maximum Gasteiger partial charge on any atom is 0.227 e. The average molecular weight is 499 g/mol. The van der Waals surface area contributed by atoms with Gasteiger partial charge in [-0.25, -0.2) is 9.38 Å². The monoisotopic (exact) mass is 498 g/mol. The number of thiophene rings is 1. The van der Waals surface area contributed by atoms with E-state index in [0.717, 1.165) is 44.5 Å². The molecular weight excluding hydrogens is 472 g/mol. The van der Waals surface area contributed by atoms with Crippen molar-refractivity contribution in [1.29, 1.82) is 0 Å². The summed E-state index contributed by atoms with van der Waals surface area (Å²) in [5.41, 5.74) is 2.63. The number of methoxy groups -OCH3 is 1. The lowest BCUT2D eigenvalue weighted by atomic mass is 10.1. The van der Waals surface area contributed by atoms with Crippen LogP contribution in [0.4, 0.5) is 5.95 Å². The Hall–Kier alpha value is -3.98. The van der Waals surface area contributed by atoms with Crippen LogP contribution in [0.25, 0.3) is 27.3 Å². The number of hydrogen-bond donors (Lipinski definition) is 0. The second-order valence-corrected chi connectivity index (χ2v) is 9.95. The molecule has 0 radical (unpaired) electrons. The fourth-order valence-corrected chi connectivity index (χ4v) is 5.61. The molecular formula is C27H26N6O2S. The number of amides is 1. The van der Waals surface area contributed by atoms with Crippen LogP contribution < -0.4 is 9.64 Å². The lowest BCUT2D eigenvalue weighted by molar-refractivity contribution is -0.132. The van der Waals surface area contributed by atoms with Crippen molar-refractivity contribution in [2.75, 3.05) is 31.6 Å². The molecule has 182 valence electrons. The molecule has 5 aromatic rings. The van der Waals surface area contributed by atoms with Crippen LogP contribution in [0, 0.1) is 0 Å². The van der Waals surface area contributed by atoms with E-state index in [2.05, 4.69) is 32.5 Å². The van der Waals surface area contributed by atoms with E-state index in [4.69, 9.17) is 9.72 Å². The summed E-state index contributed by atoms with van der Waals surface area (Å²) in [6.07, 6.45) is 0.355. The summed E-state index contributed by atoms with van der Waals surface area (Å²) in [5, 5.41) is 12.1. The summed E-state index contributed by atoms with van der Waals surface area (Å²) in [6.45, 7) is 4.07. The summed E-state index contributed by atoms with van der Waals surface area (Å²) >= 11 is 1.63. The number of para-hydroxylation sites is 1. The van der Waals surface area contributed by atoms with Gasteiger partial charge in [-0.3, -0.25) is 4.79 Å². The highest BCUT2D eigenvalue weighted by Gasteiger charge is 2.30. The Morgan fingerprint density at radius 2 is 1.97 bits per heavy atom. The van der Waals surface area contributed by atoms with Crippen molar-refractivity contribution < 1.29 is 9.53 Å². The number of nitrogens with zero attached hydrogens (tertiary/aromatic N) is 6. The third-order valence-corrected chi connectivity index (χ3v) is 7.56. The van der Waals surface area contributed by atoms with Crippen LogP contribution in [0.5, 0.6) is 5.75 Å². The molecule has 8 nitrogen and oxygen atoms in total. The lowest BCUT2D eigenvalue weighted by Crippen LogP contribution is -2.55. The summed E-state index contributed by atoms with van der Waals surface area (Å²) < 4.78 is 7.38. The van der Waals surface area contributed by atoms with Gasteiger partial charge in [-0.15, -0.1) is 21.5 Å². The molecule has 0 saturated carbocycles. The number of fused-ring (bicyclic) bond motifs is 3. The largest absolute Gasteiger partial charge is 0.497 e. The summed E-state index contributed by atoms with van der Waals surface area (Å²) in [5.74, 6) is 2.48. The van der Waals surface area contributed by atoms with Gasteiger partial charge in [0.15, 0.2) is 11.5 Å². The van der Waals surface area contributed by atoms with Crippen molar-refractivity contribution in [3.63, 3.8) is 0 Å². The number of anilines is 1. The lowest BCUT2D eigenvalue weighted by Gasteiger charge is -2.40. The molecule has 2 aromatic carbocycles. The van der Waals surface area contributed by atoms with Gasteiger partial charge in [0.2, 0.25) is 11.9 Å². The Morgan fingerprint density at radius 3 is 2.78 bits per heavy atom. The van der Waals surface area contributed by atoms with E-state index >= 15 is 0 Å². The van der Waals surface area contributed by atoms with E-state index in [1.54, 1.807) is 18.4 Å². The highest BCUT2D eigenvalue weighted by Crippen LogP contribution is 2.31. The van der Waals surface area contributed by atoms with Gasteiger partial charge < -0.3 is 14.5 Å². The van der Waals surface area contributed by atoms with E-state index in [1.165, 1.54) is 0 Å². The minimum atomic E-state index is 0.0295. The van der Waals surface area contributed by atoms with E-state index in [1.807, 2.05) is 64.9 Å². The molecule has 3 aromatic heterocycles. The van der Waals surface area contributed by atoms with Crippen LogP contribution in [0.3, 0.4) is 0 Å². The number of benzene rings is 2. The van der Waals surface area contributed by atoms with E-state index in [0.29, 0.717) is 26.1 Å². The van der Waals surface area contributed by atoms with Crippen LogP contribution in [-0.4, -0.2) is 63.2 Å². The van der Waals surface area contributed by atoms with Crippen LogP contribution >= 0.6 is 11.3 Å². The van der Waals surface area contributed by atoms with Crippen molar-refractivity contribution in [2.45, 2.75) is 19.4 Å². The summed E-state index contributed by atoms with van der Waals surface area (Å²) in [7, 11) is 1.64. The van der Waals surface area contributed by atoms with E-state index in [9.17, 15) is 4.79 Å². The topological polar surface area (TPSA) is 75.9 Å². The number of piperazine rings is 1. The number of carbonyl (C=O) groups excluding carboxylic acids is 1. The predicted octanol–water partition coefficient (Wildman–Crippen LogP) is 4.29. The highest BCUT2D eigenvalue weighted by molar-refractivity contribution is 7.13. The van der Waals surface area contributed by atoms with Crippen molar-refractivity contribution in [2.24, 2.45) is 0 Å². The SMILES string of the molecule is COc1cccc(CC(=O)N2CCN(c3nc4ccccc4c4nnc(-c5cccs5)n34)CC2C)c1. The zero-order chi connectivity index (χ0) is 24.6. The third-order valence-electron chi connectivity index (χ3n) is 6.69. The first-order valence-electron chi connectivity index (χ1n) is 12.0. The Morgan fingerprint density at radius 1 is 1.08 bits per heavy atom. The first kappa shape index (κ1) is 22.5. The average Bonchev–Trinajstić information content (AvgIpc) is 3.58. The Labute approximate surface area is 212 Å². The minimum absolute atomic E-state index is 0.0295. The van der Waals surface area contributed by atoms with Gasteiger partial charge in [0.25, 0.3) is 0 Å². The Balaban J connectivity index is 1.31. The zero-order valence-corrected chi connectivity index (χ0v) is 21.0. The molecule has 1 amide bonds. The molecule has 1 aliphatic rings. The standard InChI is InChI=1S/C27H26N6O2S/c1-18-17-31(12-13-32(18)24(34)16-19-7-5-8-20(15-19)35-2)27-28-22-10-4-3-9-21(22)25-29-30-26(33(25)27)23-11-6-14-36-23/h3-11,14-15,18H,12-13,16-17H2,1-2H3. The molecule has 1 unspecified atom stereocenters. The molecule has 0 N–H and O–H groups in total. The summed E-state index contributed by atoms with van der Waals surface area (Å²) in [4.78, 5) is 23.5. The fourth-order valence-electron chi connectivity index (χ4n) is 4.91. The van der Waals surface area contributed by atoms with Crippen LogP contribution in [0.15, 0.2) is 66.0 Å². The molecule has 1 saturated heterocycles. The van der Waals surface area contributed by atoms with Crippen molar-refractivity contribution in [3.05, 3.63) is 71.6 Å². The smallest absolute Gasteiger partial charge is 0.227 e. The molecule has 4 heterocycles. The normalized spacial score (nSPS) is 16.1. The fraction of sp³-hybridized carbons (Fsp3) is 0.259. The summed E-state index contributed by atoms with van der Waals surface area (Å²) in [6, 6.07) is 19.8. The second kappa shape index (κ2) is 9.23. The number of hydrogen-bond acceptors (Lipinski definition) is 7. The van der Waals surface area contributed by atoms with Gasteiger partial charge in [0.1, 0.15) is 5.75 Å². The van der Waals surface area contributed by atoms with E-state index < -0.39 is 0 Å². The molecule has 0 bridgehead atoms. The molecule has 36 heavy (non-hydrogen) atoms. The first-order valence-corrected chi connectivity index (χ1v) is 12.9. The Bertz CT molecular complexity index is 1550. The highest BCUT2D eigenvalue weighted by atomic mass is 32.1. The number of carbonyl (C=O) groups is 1. The van der Waals surface area contributed by atoms with Crippen molar-refractivity contribution in [1.82, 2.24) is 24.5 Å². The maximum atomic E-state index is 13.2. The molecule has 0 spiro atoms. The van der Waals surface area contributed by atoms with Gasteiger partial charge in [0, 0.05) is 31.1 Å². The quantitative estimate of drug-likeness (QED) is 0.360. The Kier molecular flexibility index (Phi) is 5.77. The predicted molar refractivity (Wildman–Crippen MR) is 142 cm³/mol. The van der Waals surface area contributed by atoms with Crippen LogP contribution in [0.2, 0.25) is 0 Å². The van der Waals surface area contributed by atoms with Gasteiger partial charge in [0.05, 0.1) is 23.9 Å². The van der Waals surface area contributed by atoms with Crippen LogP contribution in [0.1, 0.15) is 12.5 Å². The van der Waals surface area contributed by atoms with Crippen LogP contribution in [-0.2, 0) is 11.2 Å². The van der Waals surface area contributed by atoms with Crippen molar-refractivity contribution >= 4 is 39.7 Å². The number of aromatic nitrogens is 4. The molecule has 6 rings (SSSR count). The molecule has 1 atom stereocenters. The van der Waals surface area contributed by atoms with Crippen molar-refractivity contribution in [3.8, 4) is 16.5 Å². The zero-order valence-electron chi connectivity index (χ0n) is 20.2. The van der Waals surface area contributed by atoms with Gasteiger partial charge >= 0.3 is 0 Å². The number of ether oxygens (including phenoxy) is 1. The van der Waals surface area contributed by atoms with Gasteiger partial charge in [-0.05, 0) is 48.2 Å². The first-order chi connectivity index (χ1) is 17.6. The second-order valence-electron chi connectivity index (χ2n) is 9.00. The third kappa shape index (κ3) is 3.95.